The van der Waals surface area contributed by atoms with Gasteiger partial charge >= 0.3 is 0 Å². The molecule has 2 aromatic carbocycles. The molecule has 0 amide bonds. The van der Waals surface area contributed by atoms with E-state index in [-0.39, 0.29) is 11.8 Å². The van der Waals surface area contributed by atoms with Crippen molar-refractivity contribution in [1.82, 2.24) is 4.98 Å². The Kier molecular flexibility index (Phi) is 4.15. The third kappa shape index (κ3) is 2.98. The molecular weight excluding hydrogens is 272 g/mol. The van der Waals surface area contributed by atoms with Crippen LogP contribution in [0.2, 0.25) is 0 Å². The Balaban J connectivity index is 1.93. The Morgan fingerprint density at radius 3 is 2.50 bits per heavy atom. The Morgan fingerprint density at radius 2 is 1.73 bits per heavy atom. The quantitative estimate of drug-likeness (QED) is 0.758. The number of nitrogens with zero attached hydrogens (tertiary/aromatic N) is 1. The Labute approximate surface area is 130 Å². The summed E-state index contributed by atoms with van der Waals surface area (Å²) in [6.45, 7) is 1.88. The van der Waals surface area contributed by atoms with Crippen molar-refractivity contribution in [3.8, 4) is 0 Å². The minimum Gasteiger partial charge on any atom is -0.356 e. The fourth-order valence-electron chi connectivity index (χ4n) is 2.49. The summed E-state index contributed by atoms with van der Waals surface area (Å²) in [4.78, 5) is 16.9. The van der Waals surface area contributed by atoms with Gasteiger partial charge in [0.25, 0.3) is 0 Å². The van der Waals surface area contributed by atoms with E-state index in [0.717, 1.165) is 16.5 Å². The summed E-state index contributed by atoms with van der Waals surface area (Å²) in [6, 6.07) is 21.3. The van der Waals surface area contributed by atoms with Crippen molar-refractivity contribution in [3.05, 3.63) is 72.3 Å². The lowest BCUT2D eigenvalue weighted by Gasteiger charge is -2.18. The number of Topliss-reactive ketones (excluding diaryl/α,β-unsaturated/α-hetero) is 1. The summed E-state index contributed by atoms with van der Waals surface area (Å²) in [5.41, 5.74) is 1.88. The summed E-state index contributed by atoms with van der Waals surface area (Å²) in [5, 5.41) is 4.37. The number of carbonyl (C=O) groups is 1. The van der Waals surface area contributed by atoms with Crippen molar-refractivity contribution in [1.29, 1.82) is 0 Å². The first-order valence-electron chi connectivity index (χ1n) is 7.48. The van der Waals surface area contributed by atoms with Crippen molar-refractivity contribution >= 4 is 22.5 Å². The van der Waals surface area contributed by atoms with E-state index in [1.165, 1.54) is 0 Å². The number of nitrogens with one attached hydrogen (secondary N) is 1. The van der Waals surface area contributed by atoms with E-state index in [1.807, 2.05) is 73.7 Å². The second-order valence-corrected chi connectivity index (χ2v) is 5.20. The van der Waals surface area contributed by atoms with Gasteiger partial charge in [0.05, 0.1) is 5.52 Å². The highest BCUT2D eigenvalue weighted by Gasteiger charge is 2.19. The zero-order valence-corrected chi connectivity index (χ0v) is 12.5. The maximum absolute atomic E-state index is 12.3. The van der Waals surface area contributed by atoms with Crippen LogP contribution < -0.4 is 5.32 Å². The van der Waals surface area contributed by atoms with Gasteiger partial charge in [-0.1, -0.05) is 55.5 Å². The molecule has 0 fully saturated rings. The summed E-state index contributed by atoms with van der Waals surface area (Å²) in [5.74, 6) is 0.871. The van der Waals surface area contributed by atoms with Crippen molar-refractivity contribution < 1.29 is 4.79 Å². The normalized spacial score (nSPS) is 12.0. The number of pyridine rings is 1. The van der Waals surface area contributed by atoms with E-state index in [2.05, 4.69) is 10.3 Å². The summed E-state index contributed by atoms with van der Waals surface area (Å²) in [6.07, 6.45) is 0.486. The number of ketones is 1. The van der Waals surface area contributed by atoms with Crippen molar-refractivity contribution in [3.63, 3.8) is 0 Å². The highest BCUT2D eigenvalue weighted by Crippen LogP contribution is 2.22. The van der Waals surface area contributed by atoms with Crippen LogP contribution in [0.15, 0.2) is 66.7 Å². The first kappa shape index (κ1) is 14.3. The van der Waals surface area contributed by atoms with Crippen LogP contribution in [0.25, 0.3) is 10.9 Å². The first-order valence-corrected chi connectivity index (χ1v) is 7.48. The van der Waals surface area contributed by atoms with Crippen LogP contribution in [-0.2, 0) is 4.79 Å². The lowest BCUT2D eigenvalue weighted by Crippen LogP contribution is -2.20. The number of para-hydroxylation sites is 1. The third-order valence-corrected chi connectivity index (χ3v) is 3.69. The molecule has 110 valence electrons. The largest absolute Gasteiger partial charge is 0.356 e. The van der Waals surface area contributed by atoms with E-state index < -0.39 is 0 Å². The standard InChI is InChI=1S/C19H18N2O/c1-2-17(22)19(15-9-4-3-5-10-15)21-18-13-12-14-8-6-7-11-16(14)20-18/h3-13,19H,2H2,1H3,(H,20,21)/t19-/m0/s1. The Bertz CT molecular complexity index is 784. The van der Waals surface area contributed by atoms with Gasteiger partial charge in [0.2, 0.25) is 0 Å². The van der Waals surface area contributed by atoms with Crippen LogP contribution in [0.5, 0.6) is 0 Å². The summed E-state index contributed by atoms with van der Waals surface area (Å²) < 4.78 is 0. The predicted molar refractivity (Wildman–Crippen MR) is 89.8 cm³/mol. The number of benzene rings is 2. The number of hydrogen-bond donors (Lipinski definition) is 1. The molecule has 0 bridgehead atoms. The minimum atomic E-state index is -0.361. The Morgan fingerprint density at radius 1 is 1.00 bits per heavy atom. The SMILES string of the molecule is CCC(=O)[C@@H](Nc1ccc2ccccc2n1)c1ccccc1. The minimum absolute atomic E-state index is 0.154. The van der Waals surface area contributed by atoms with Gasteiger partial charge in [0.15, 0.2) is 5.78 Å². The molecule has 1 heterocycles. The molecule has 0 saturated heterocycles. The smallest absolute Gasteiger partial charge is 0.159 e. The molecule has 22 heavy (non-hydrogen) atoms. The number of anilines is 1. The van der Waals surface area contributed by atoms with Gasteiger partial charge in [0.1, 0.15) is 11.9 Å². The van der Waals surface area contributed by atoms with Crippen molar-refractivity contribution in [2.24, 2.45) is 0 Å². The highest BCUT2D eigenvalue weighted by molar-refractivity contribution is 5.88. The van der Waals surface area contributed by atoms with E-state index in [1.54, 1.807) is 0 Å². The zero-order valence-electron chi connectivity index (χ0n) is 12.5. The van der Waals surface area contributed by atoms with Gasteiger partial charge in [-0.3, -0.25) is 4.79 Å². The van der Waals surface area contributed by atoms with Crippen molar-refractivity contribution in [2.75, 3.05) is 5.32 Å². The molecule has 0 spiro atoms. The molecule has 0 aliphatic rings. The fraction of sp³-hybridized carbons (Fsp3) is 0.158. The molecule has 0 unspecified atom stereocenters. The molecule has 0 aliphatic heterocycles. The molecule has 1 atom stereocenters. The Hall–Kier alpha value is -2.68. The molecule has 3 heteroatoms. The lowest BCUT2D eigenvalue weighted by molar-refractivity contribution is -0.119. The fourth-order valence-corrected chi connectivity index (χ4v) is 2.49. The van der Waals surface area contributed by atoms with Crippen LogP contribution in [-0.4, -0.2) is 10.8 Å². The van der Waals surface area contributed by atoms with Crippen molar-refractivity contribution in [2.45, 2.75) is 19.4 Å². The molecule has 3 aromatic rings. The van der Waals surface area contributed by atoms with Crippen LogP contribution in [0.1, 0.15) is 24.9 Å². The van der Waals surface area contributed by atoms with Gasteiger partial charge in [-0.05, 0) is 23.8 Å². The summed E-state index contributed by atoms with van der Waals surface area (Å²) in [7, 11) is 0. The molecule has 0 aliphatic carbocycles. The maximum Gasteiger partial charge on any atom is 0.159 e. The lowest BCUT2D eigenvalue weighted by atomic mass is 10.0. The average Bonchev–Trinajstić information content (AvgIpc) is 2.59. The van der Waals surface area contributed by atoms with E-state index >= 15 is 0 Å². The monoisotopic (exact) mass is 290 g/mol. The van der Waals surface area contributed by atoms with E-state index in [9.17, 15) is 4.79 Å². The summed E-state index contributed by atoms with van der Waals surface area (Å²) >= 11 is 0. The number of rotatable bonds is 5. The van der Waals surface area contributed by atoms with Crippen LogP contribution in [0.4, 0.5) is 5.82 Å². The topological polar surface area (TPSA) is 42.0 Å². The van der Waals surface area contributed by atoms with Crippen LogP contribution >= 0.6 is 0 Å². The third-order valence-electron chi connectivity index (χ3n) is 3.69. The average molecular weight is 290 g/mol. The van der Waals surface area contributed by atoms with Gasteiger partial charge in [-0.25, -0.2) is 4.98 Å². The zero-order chi connectivity index (χ0) is 15.4. The molecular formula is C19H18N2O. The highest BCUT2D eigenvalue weighted by atomic mass is 16.1. The van der Waals surface area contributed by atoms with Gasteiger partial charge < -0.3 is 5.32 Å². The van der Waals surface area contributed by atoms with Gasteiger partial charge in [0, 0.05) is 11.8 Å². The maximum atomic E-state index is 12.3. The number of fused-ring (bicyclic) bond motifs is 1. The predicted octanol–water partition coefficient (Wildman–Crippen LogP) is 4.37. The van der Waals surface area contributed by atoms with Gasteiger partial charge in [-0.2, -0.15) is 0 Å². The second kappa shape index (κ2) is 6.39. The van der Waals surface area contributed by atoms with E-state index in [4.69, 9.17) is 0 Å². The van der Waals surface area contributed by atoms with Crippen LogP contribution in [0.3, 0.4) is 0 Å². The number of carbonyl (C=O) groups excluding carboxylic acids is 1. The molecule has 0 radical (unpaired) electrons. The first-order chi connectivity index (χ1) is 10.8. The van der Waals surface area contributed by atoms with Gasteiger partial charge in [-0.15, -0.1) is 0 Å². The number of aromatic nitrogens is 1. The molecule has 0 saturated carbocycles. The van der Waals surface area contributed by atoms with Crippen LogP contribution in [0, 0.1) is 0 Å². The molecule has 1 aromatic heterocycles. The molecule has 3 rings (SSSR count). The molecule has 1 N–H and O–H groups in total. The number of hydrogen-bond acceptors (Lipinski definition) is 3. The van der Waals surface area contributed by atoms with E-state index in [0.29, 0.717) is 12.2 Å². The molecule has 3 nitrogen and oxygen atoms in total. The second-order valence-electron chi connectivity index (χ2n) is 5.20.